The second-order valence-electron chi connectivity index (χ2n) is 6.42. The Hall–Kier alpha value is -2.11. The lowest BCUT2D eigenvalue weighted by molar-refractivity contribution is -0.131. The second kappa shape index (κ2) is 8.66. The average Bonchev–Trinajstić information content (AvgIpc) is 2.79. The van der Waals surface area contributed by atoms with Gasteiger partial charge >= 0.3 is 6.03 Å². The highest BCUT2D eigenvalue weighted by Gasteiger charge is 2.22. The Kier molecular flexibility index (Phi) is 6.58. The first kappa shape index (κ1) is 18.2. The van der Waals surface area contributed by atoms with Crippen molar-refractivity contribution in [1.82, 2.24) is 15.1 Å². The minimum atomic E-state index is -0.266. The van der Waals surface area contributed by atoms with E-state index in [1.165, 1.54) is 6.07 Å². The van der Waals surface area contributed by atoms with Crippen molar-refractivity contribution < 1.29 is 14.0 Å². The van der Waals surface area contributed by atoms with Gasteiger partial charge in [-0.15, -0.1) is 0 Å². The number of nitrogens with one attached hydrogen (secondary N) is 1. The number of carbonyl (C=O) groups is 2. The van der Waals surface area contributed by atoms with Crippen LogP contribution in [0.3, 0.4) is 0 Å². The van der Waals surface area contributed by atoms with E-state index >= 15 is 0 Å². The number of amides is 3. The maximum absolute atomic E-state index is 13.6. The van der Waals surface area contributed by atoms with Crippen LogP contribution < -0.4 is 5.32 Å². The lowest BCUT2D eigenvalue weighted by Gasteiger charge is -2.23. The predicted octanol–water partition coefficient (Wildman–Crippen LogP) is 2.41. The van der Waals surface area contributed by atoms with E-state index in [9.17, 15) is 14.0 Å². The lowest BCUT2D eigenvalue weighted by atomic mass is 10.1. The zero-order chi connectivity index (χ0) is 17.5. The summed E-state index contributed by atoms with van der Waals surface area (Å²) < 4.78 is 13.6. The molecule has 132 valence electrons. The molecule has 1 heterocycles. The number of hydrogen-bond donors (Lipinski definition) is 1. The standard InChI is InChI=1S/C18H26FN3O2/c1-14(2)20-18(24)22-11-5-10-21(12-13-22)17(23)9-8-15-6-3-4-7-16(15)19/h3-4,6-7,14H,5,8-13H2,1-2H3,(H,20,24). The van der Waals surface area contributed by atoms with E-state index in [0.29, 0.717) is 44.6 Å². The maximum atomic E-state index is 13.6. The van der Waals surface area contributed by atoms with Crippen molar-refractivity contribution >= 4 is 11.9 Å². The maximum Gasteiger partial charge on any atom is 0.317 e. The van der Waals surface area contributed by atoms with Crippen molar-refractivity contribution in [2.45, 2.75) is 39.2 Å². The summed E-state index contributed by atoms with van der Waals surface area (Å²) in [5.74, 6) is -0.248. The van der Waals surface area contributed by atoms with Gasteiger partial charge in [-0.2, -0.15) is 0 Å². The number of halogens is 1. The van der Waals surface area contributed by atoms with Crippen LogP contribution in [0.1, 0.15) is 32.3 Å². The van der Waals surface area contributed by atoms with Gasteiger partial charge in [-0.05, 0) is 38.3 Å². The van der Waals surface area contributed by atoms with Gasteiger partial charge < -0.3 is 15.1 Å². The first-order valence-corrected chi connectivity index (χ1v) is 8.54. The molecule has 1 saturated heterocycles. The fraction of sp³-hybridized carbons (Fsp3) is 0.556. The molecule has 1 fully saturated rings. The third-order valence-corrected chi connectivity index (χ3v) is 4.11. The number of nitrogens with zero attached hydrogens (tertiary/aromatic N) is 2. The average molecular weight is 335 g/mol. The molecular weight excluding hydrogens is 309 g/mol. The number of urea groups is 1. The van der Waals surface area contributed by atoms with Crippen molar-refractivity contribution in [3.8, 4) is 0 Å². The van der Waals surface area contributed by atoms with Crippen LogP contribution in [0, 0.1) is 5.82 Å². The lowest BCUT2D eigenvalue weighted by Crippen LogP contribution is -2.44. The van der Waals surface area contributed by atoms with Crippen LogP contribution in [0.2, 0.25) is 0 Å². The Balaban J connectivity index is 1.83. The Morgan fingerprint density at radius 3 is 2.50 bits per heavy atom. The van der Waals surface area contributed by atoms with Crippen LogP contribution in [-0.4, -0.2) is 54.0 Å². The molecule has 0 bridgehead atoms. The fourth-order valence-corrected chi connectivity index (χ4v) is 2.81. The minimum Gasteiger partial charge on any atom is -0.341 e. The molecule has 0 aliphatic carbocycles. The largest absolute Gasteiger partial charge is 0.341 e. The zero-order valence-corrected chi connectivity index (χ0v) is 14.4. The Bertz CT molecular complexity index is 577. The summed E-state index contributed by atoms with van der Waals surface area (Å²) in [7, 11) is 0. The summed E-state index contributed by atoms with van der Waals surface area (Å²) >= 11 is 0. The van der Waals surface area contributed by atoms with Crippen LogP contribution in [-0.2, 0) is 11.2 Å². The van der Waals surface area contributed by atoms with E-state index in [4.69, 9.17) is 0 Å². The van der Waals surface area contributed by atoms with Gasteiger partial charge in [0, 0.05) is 38.6 Å². The van der Waals surface area contributed by atoms with Crippen LogP contribution in [0.25, 0.3) is 0 Å². The Labute approximate surface area is 142 Å². The van der Waals surface area contributed by atoms with E-state index in [0.717, 1.165) is 6.42 Å². The third kappa shape index (κ3) is 5.22. The number of rotatable bonds is 4. The number of hydrogen-bond acceptors (Lipinski definition) is 2. The zero-order valence-electron chi connectivity index (χ0n) is 14.4. The van der Waals surface area contributed by atoms with Crippen LogP contribution in [0.4, 0.5) is 9.18 Å². The smallest absolute Gasteiger partial charge is 0.317 e. The van der Waals surface area contributed by atoms with Crippen LogP contribution >= 0.6 is 0 Å². The molecule has 1 aromatic carbocycles. The highest BCUT2D eigenvalue weighted by atomic mass is 19.1. The first-order chi connectivity index (χ1) is 11.5. The van der Waals surface area contributed by atoms with Crippen LogP contribution in [0.15, 0.2) is 24.3 Å². The summed E-state index contributed by atoms with van der Waals surface area (Å²) in [5, 5.41) is 2.88. The van der Waals surface area contributed by atoms with E-state index in [1.54, 1.807) is 28.0 Å². The molecule has 1 N–H and O–H groups in total. The summed E-state index contributed by atoms with van der Waals surface area (Å²) in [6.45, 7) is 6.20. The topological polar surface area (TPSA) is 52.7 Å². The SMILES string of the molecule is CC(C)NC(=O)N1CCCN(C(=O)CCc2ccccc2F)CC1. The van der Waals surface area contributed by atoms with Gasteiger partial charge in [0.05, 0.1) is 0 Å². The first-order valence-electron chi connectivity index (χ1n) is 8.54. The summed E-state index contributed by atoms with van der Waals surface area (Å²) in [6.07, 6.45) is 1.45. The van der Waals surface area contributed by atoms with Crippen molar-refractivity contribution in [3.63, 3.8) is 0 Å². The van der Waals surface area contributed by atoms with Crippen molar-refractivity contribution in [3.05, 3.63) is 35.6 Å². The molecule has 3 amide bonds. The van der Waals surface area contributed by atoms with Gasteiger partial charge in [0.2, 0.25) is 5.91 Å². The van der Waals surface area contributed by atoms with Gasteiger partial charge in [-0.25, -0.2) is 9.18 Å². The van der Waals surface area contributed by atoms with Gasteiger partial charge in [0.1, 0.15) is 5.82 Å². The Morgan fingerprint density at radius 1 is 1.12 bits per heavy atom. The molecule has 2 rings (SSSR count). The molecule has 0 atom stereocenters. The van der Waals surface area contributed by atoms with Crippen molar-refractivity contribution in [1.29, 1.82) is 0 Å². The normalized spacial score (nSPS) is 15.3. The molecule has 24 heavy (non-hydrogen) atoms. The molecular formula is C18H26FN3O2. The number of carbonyl (C=O) groups excluding carboxylic acids is 2. The molecule has 1 aliphatic rings. The van der Waals surface area contributed by atoms with Crippen molar-refractivity contribution in [2.75, 3.05) is 26.2 Å². The molecule has 0 radical (unpaired) electrons. The van der Waals surface area contributed by atoms with E-state index in [-0.39, 0.29) is 23.8 Å². The predicted molar refractivity (Wildman–Crippen MR) is 91.2 cm³/mol. The molecule has 1 aliphatic heterocycles. The van der Waals surface area contributed by atoms with E-state index in [1.807, 2.05) is 13.8 Å². The molecule has 0 aromatic heterocycles. The van der Waals surface area contributed by atoms with Gasteiger partial charge in [0.25, 0.3) is 0 Å². The number of benzene rings is 1. The molecule has 1 aromatic rings. The monoisotopic (exact) mass is 335 g/mol. The molecule has 0 saturated carbocycles. The highest BCUT2D eigenvalue weighted by molar-refractivity contribution is 5.77. The van der Waals surface area contributed by atoms with Gasteiger partial charge in [-0.1, -0.05) is 18.2 Å². The van der Waals surface area contributed by atoms with Crippen LogP contribution in [0.5, 0.6) is 0 Å². The van der Waals surface area contributed by atoms with Gasteiger partial charge in [-0.3, -0.25) is 4.79 Å². The molecule has 6 heteroatoms. The molecule has 0 spiro atoms. The summed E-state index contributed by atoms with van der Waals surface area (Å²) in [5.41, 5.74) is 0.568. The summed E-state index contributed by atoms with van der Waals surface area (Å²) in [6, 6.07) is 6.57. The Morgan fingerprint density at radius 2 is 1.79 bits per heavy atom. The van der Waals surface area contributed by atoms with E-state index < -0.39 is 0 Å². The summed E-state index contributed by atoms with van der Waals surface area (Å²) in [4.78, 5) is 28.0. The minimum absolute atomic E-state index is 0.0179. The van der Waals surface area contributed by atoms with E-state index in [2.05, 4.69) is 5.32 Å². The van der Waals surface area contributed by atoms with Gasteiger partial charge in [0.15, 0.2) is 0 Å². The highest BCUT2D eigenvalue weighted by Crippen LogP contribution is 2.11. The molecule has 5 nitrogen and oxygen atoms in total. The second-order valence-corrected chi connectivity index (χ2v) is 6.42. The molecule has 0 unspecified atom stereocenters. The number of aryl methyl sites for hydroxylation is 1. The van der Waals surface area contributed by atoms with Crippen molar-refractivity contribution in [2.24, 2.45) is 0 Å². The quantitative estimate of drug-likeness (QED) is 0.919. The third-order valence-electron chi connectivity index (χ3n) is 4.11. The fourth-order valence-electron chi connectivity index (χ4n) is 2.81.